The Hall–Kier alpha value is -2.64. The number of benzene rings is 2. The molecule has 1 saturated heterocycles. The molecule has 2 bridgehead atoms. The maximum atomic E-state index is 13.6. The van der Waals surface area contributed by atoms with Crippen LogP contribution in [0, 0.1) is 29.6 Å². The Balaban J connectivity index is 1.34. The van der Waals surface area contributed by atoms with E-state index >= 15 is 0 Å². The molecule has 2 amide bonds. The second-order valence-corrected chi connectivity index (χ2v) is 11.4. The zero-order valence-corrected chi connectivity index (χ0v) is 18.6. The summed E-state index contributed by atoms with van der Waals surface area (Å²) in [5.41, 5.74) is 1.87. The number of thiazole rings is 1. The topological polar surface area (TPSA) is 70.2 Å². The molecule has 3 aromatic rings. The summed E-state index contributed by atoms with van der Waals surface area (Å²) in [6, 6.07) is 19.7. The minimum atomic E-state index is -0.252. The van der Waals surface area contributed by atoms with Crippen LogP contribution in [0.4, 0.5) is 5.69 Å². The minimum Gasteiger partial charge on any atom is -0.307 e. The van der Waals surface area contributed by atoms with Crippen molar-refractivity contribution in [3.63, 3.8) is 0 Å². The van der Waals surface area contributed by atoms with E-state index in [0.29, 0.717) is 5.69 Å². The zero-order valence-electron chi connectivity index (χ0n) is 17.0. The van der Waals surface area contributed by atoms with Gasteiger partial charge in [-0.15, -0.1) is 11.8 Å². The molecule has 5 nitrogen and oxygen atoms in total. The van der Waals surface area contributed by atoms with Gasteiger partial charge in [0.15, 0.2) is 0 Å². The van der Waals surface area contributed by atoms with Crippen LogP contribution < -0.4 is 9.77 Å². The summed E-state index contributed by atoms with van der Waals surface area (Å²) in [7, 11) is 0. The molecular formula is C25H20N2O3S2. The van der Waals surface area contributed by atoms with E-state index in [1.807, 2.05) is 48.5 Å². The molecule has 3 heterocycles. The van der Waals surface area contributed by atoms with E-state index in [4.69, 9.17) is 0 Å². The van der Waals surface area contributed by atoms with Crippen molar-refractivity contribution < 1.29 is 9.59 Å². The van der Waals surface area contributed by atoms with Gasteiger partial charge in [-0.05, 0) is 41.9 Å². The van der Waals surface area contributed by atoms with Crippen molar-refractivity contribution in [1.82, 2.24) is 4.98 Å². The van der Waals surface area contributed by atoms with Crippen molar-refractivity contribution in [2.45, 2.75) is 22.6 Å². The third kappa shape index (κ3) is 2.38. The standard InChI is InChI=1S/C25H20N2O3S2/c28-23-18-14-11-15(19(18)24(29)27(23)13-9-5-2-6-10-13)20-17(14)16(12-7-3-1-4-8-12)21-22(31-20)26-25(30)32-21/h1-10,14-20H,11H2,(H,26,30)/t14-,15-,16-,17-,18+,19-,20-/m0/s1. The lowest BCUT2D eigenvalue weighted by Crippen LogP contribution is -2.42. The summed E-state index contributed by atoms with van der Waals surface area (Å²) < 4.78 is 0. The lowest BCUT2D eigenvalue weighted by molar-refractivity contribution is -0.123. The number of amides is 2. The van der Waals surface area contributed by atoms with E-state index in [0.717, 1.165) is 16.3 Å². The number of hydrogen-bond acceptors (Lipinski definition) is 5. The molecule has 7 rings (SSSR count). The highest BCUT2D eigenvalue weighted by atomic mass is 32.2. The van der Waals surface area contributed by atoms with E-state index in [1.54, 1.807) is 11.8 Å². The molecule has 0 radical (unpaired) electrons. The quantitative estimate of drug-likeness (QED) is 0.584. The van der Waals surface area contributed by atoms with Crippen LogP contribution in [0.15, 0.2) is 70.5 Å². The van der Waals surface area contributed by atoms with Crippen molar-refractivity contribution >= 4 is 40.6 Å². The van der Waals surface area contributed by atoms with Gasteiger partial charge in [-0.2, -0.15) is 0 Å². The van der Waals surface area contributed by atoms with Crippen molar-refractivity contribution in [3.8, 4) is 0 Å². The number of carbonyl (C=O) groups is 2. The van der Waals surface area contributed by atoms with Gasteiger partial charge in [-0.25, -0.2) is 0 Å². The Morgan fingerprint density at radius 3 is 2.22 bits per heavy atom. The van der Waals surface area contributed by atoms with Crippen molar-refractivity contribution in [3.05, 3.63) is 80.8 Å². The molecule has 7 atom stereocenters. The lowest BCUT2D eigenvalue weighted by atomic mass is 9.68. The zero-order chi connectivity index (χ0) is 21.6. The van der Waals surface area contributed by atoms with Gasteiger partial charge in [0.05, 0.1) is 22.5 Å². The number of para-hydroxylation sites is 1. The first kappa shape index (κ1) is 18.9. The first-order valence-corrected chi connectivity index (χ1v) is 12.7. The summed E-state index contributed by atoms with van der Waals surface area (Å²) in [6.07, 6.45) is 0.917. The smallest absolute Gasteiger partial charge is 0.305 e. The third-order valence-electron chi connectivity index (χ3n) is 7.90. The summed E-state index contributed by atoms with van der Waals surface area (Å²) in [4.78, 5) is 44.9. The van der Waals surface area contributed by atoms with Gasteiger partial charge < -0.3 is 4.98 Å². The molecule has 160 valence electrons. The predicted octanol–water partition coefficient (Wildman–Crippen LogP) is 4.11. The van der Waals surface area contributed by atoms with Gasteiger partial charge in [-0.1, -0.05) is 59.9 Å². The number of aromatic nitrogens is 1. The molecule has 0 spiro atoms. The maximum Gasteiger partial charge on any atom is 0.305 e. The Morgan fingerprint density at radius 1 is 0.844 bits per heavy atom. The summed E-state index contributed by atoms with van der Waals surface area (Å²) in [5.74, 6) is 0.0747. The van der Waals surface area contributed by atoms with Crippen LogP contribution in [-0.2, 0) is 9.59 Å². The Morgan fingerprint density at radius 2 is 1.50 bits per heavy atom. The monoisotopic (exact) mass is 460 g/mol. The Kier molecular flexibility index (Phi) is 3.94. The van der Waals surface area contributed by atoms with Gasteiger partial charge in [-0.3, -0.25) is 19.3 Å². The highest BCUT2D eigenvalue weighted by Gasteiger charge is 2.69. The molecule has 1 N–H and O–H groups in total. The van der Waals surface area contributed by atoms with Crippen molar-refractivity contribution in [2.75, 3.05) is 4.90 Å². The van der Waals surface area contributed by atoms with E-state index in [2.05, 4.69) is 17.1 Å². The SMILES string of the molecule is O=C1[C@@H]2[C@H]3C[C@H]([C@@H]4Sc5[nH]c(=O)sc5[C@@H](c5ccccc5)[C@H]34)[C@@H]2C(=O)N1c1ccccc1. The highest BCUT2D eigenvalue weighted by Crippen LogP contribution is 2.68. The van der Waals surface area contributed by atoms with Crippen LogP contribution in [0.1, 0.15) is 22.8 Å². The minimum absolute atomic E-state index is 0.0293. The van der Waals surface area contributed by atoms with Crippen LogP contribution in [0.5, 0.6) is 0 Å². The van der Waals surface area contributed by atoms with Gasteiger partial charge in [0.1, 0.15) is 0 Å². The Labute approximate surface area is 192 Å². The number of nitrogens with one attached hydrogen (secondary N) is 1. The number of anilines is 1. The average Bonchev–Trinajstić information content (AvgIpc) is 3.53. The first-order valence-electron chi connectivity index (χ1n) is 11.0. The normalized spacial score (nSPS) is 34.5. The number of nitrogens with zero attached hydrogens (tertiary/aromatic N) is 1. The molecule has 0 unspecified atom stereocenters. The maximum absolute atomic E-state index is 13.6. The van der Waals surface area contributed by atoms with E-state index in [9.17, 15) is 14.4 Å². The number of hydrogen-bond donors (Lipinski definition) is 1. The van der Waals surface area contributed by atoms with Crippen LogP contribution in [0.3, 0.4) is 0 Å². The average molecular weight is 461 g/mol. The van der Waals surface area contributed by atoms with Gasteiger partial charge >= 0.3 is 4.87 Å². The third-order valence-corrected chi connectivity index (χ3v) is 10.5. The molecule has 4 aliphatic rings. The predicted molar refractivity (Wildman–Crippen MR) is 124 cm³/mol. The second kappa shape index (κ2) is 6.68. The van der Waals surface area contributed by atoms with Gasteiger partial charge in [0.25, 0.3) is 0 Å². The first-order chi connectivity index (χ1) is 15.6. The molecule has 32 heavy (non-hydrogen) atoms. The second-order valence-electron chi connectivity index (χ2n) is 9.22. The number of carbonyl (C=O) groups excluding carboxylic acids is 2. The van der Waals surface area contributed by atoms with Gasteiger partial charge in [0, 0.05) is 16.0 Å². The van der Waals surface area contributed by atoms with E-state index in [-0.39, 0.29) is 57.4 Å². The molecule has 3 fully saturated rings. The summed E-state index contributed by atoms with van der Waals surface area (Å²) in [6.45, 7) is 0. The van der Waals surface area contributed by atoms with Crippen molar-refractivity contribution in [1.29, 1.82) is 0 Å². The molecular weight excluding hydrogens is 440 g/mol. The fourth-order valence-corrected chi connectivity index (χ4v) is 9.77. The van der Waals surface area contributed by atoms with E-state index in [1.165, 1.54) is 21.8 Å². The molecule has 7 heteroatoms. The number of fused-ring (bicyclic) bond motifs is 9. The molecule has 2 aliphatic heterocycles. The lowest BCUT2D eigenvalue weighted by Gasteiger charge is -2.43. The van der Waals surface area contributed by atoms with Crippen LogP contribution >= 0.6 is 23.1 Å². The van der Waals surface area contributed by atoms with E-state index < -0.39 is 0 Å². The number of thioether (sulfide) groups is 1. The summed E-state index contributed by atoms with van der Waals surface area (Å²) in [5, 5.41) is 1.19. The number of imide groups is 1. The van der Waals surface area contributed by atoms with Crippen molar-refractivity contribution in [2.24, 2.45) is 29.6 Å². The van der Waals surface area contributed by atoms with Crippen LogP contribution in [0.25, 0.3) is 0 Å². The van der Waals surface area contributed by atoms with Gasteiger partial charge in [0.2, 0.25) is 11.8 Å². The fraction of sp³-hybridized carbons (Fsp3) is 0.320. The Bertz CT molecular complexity index is 1300. The number of aromatic amines is 1. The van der Waals surface area contributed by atoms with Crippen LogP contribution in [0.2, 0.25) is 0 Å². The number of rotatable bonds is 2. The number of H-pyrrole nitrogens is 1. The highest BCUT2D eigenvalue weighted by molar-refractivity contribution is 8.00. The molecule has 1 aromatic heterocycles. The molecule has 2 saturated carbocycles. The largest absolute Gasteiger partial charge is 0.307 e. The van der Waals surface area contributed by atoms with Crippen LogP contribution in [-0.4, -0.2) is 22.0 Å². The summed E-state index contributed by atoms with van der Waals surface area (Å²) >= 11 is 3.03. The molecule has 2 aliphatic carbocycles. The molecule has 2 aromatic carbocycles. The fourth-order valence-electron chi connectivity index (χ4n) is 6.88.